The van der Waals surface area contributed by atoms with Crippen LogP contribution in [0.2, 0.25) is 0 Å². The molecule has 0 spiro atoms. The van der Waals surface area contributed by atoms with E-state index in [1.54, 1.807) is 32.5 Å². The van der Waals surface area contributed by atoms with Gasteiger partial charge >= 0.3 is 0 Å². The Bertz CT molecular complexity index is 568. The van der Waals surface area contributed by atoms with Gasteiger partial charge in [0.15, 0.2) is 11.5 Å². The molecule has 2 rings (SSSR count). The molecule has 0 saturated heterocycles. The summed E-state index contributed by atoms with van der Waals surface area (Å²) < 4.78 is 17.9. The highest BCUT2D eigenvalue weighted by molar-refractivity contribution is 9.11. The van der Waals surface area contributed by atoms with Gasteiger partial charge in [-0.1, -0.05) is 6.07 Å². The monoisotopic (exact) mass is 387 g/mol. The van der Waals surface area contributed by atoms with Gasteiger partial charge in [0.05, 0.1) is 18.7 Å². The highest BCUT2D eigenvalue weighted by Crippen LogP contribution is 2.41. The van der Waals surface area contributed by atoms with Gasteiger partial charge in [-0.2, -0.15) is 0 Å². The van der Waals surface area contributed by atoms with Crippen LogP contribution in [0, 0.1) is 0 Å². The topological polar surface area (TPSA) is 40.6 Å². The molecule has 1 aromatic heterocycles. The van der Waals surface area contributed by atoms with Crippen LogP contribution in [-0.4, -0.2) is 19.2 Å². The fourth-order valence-electron chi connectivity index (χ4n) is 1.49. The van der Waals surface area contributed by atoms with E-state index in [0.29, 0.717) is 23.1 Å². The summed E-state index contributed by atoms with van der Waals surface area (Å²) in [6, 6.07) is 7.27. The average Bonchev–Trinajstić information content (AvgIpc) is 2.42. The van der Waals surface area contributed by atoms with E-state index in [2.05, 4.69) is 36.8 Å². The van der Waals surface area contributed by atoms with E-state index >= 15 is 0 Å². The summed E-state index contributed by atoms with van der Waals surface area (Å²) in [4.78, 5) is 4.20. The maximum atomic E-state index is 5.78. The Kier molecular flexibility index (Phi) is 4.66. The molecule has 0 radical (unpaired) electrons. The summed E-state index contributed by atoms with van der Waals surface area (Å²) >= 11 is 6.74. The van der Waals surface area contributed by atoms with Crippen molar-refractivity contribution in [2.45, 2.75) is 0 Å². The molecule has 1 heterocycles. The summed E-state index contributed by atoms with van der Waals surface area (Å²) in [5, 5.41) is 0. The molecule has 0 aliphatic carbocycles. The van der Waals surface area contributed by atoms with Crippen molar-refractivity contribution < 1.29 is 14.2 Å². The van der Waals surface area contributed by atoms with E-state index in [0.717, 1.165) is 8.95 Å². The van der Waals surface area contributed by atoms with E-state index in [1.165, 1.54) is 0 Å². The number of methoxy groups -OCH3 is 2. The van der Waals surface area contributed by atoms with Crippen LogP contribution in [0.1, 0.15) is 0 Å². The van der Waals surface area contributed by atoms with Crippen molar-refractivity contribution >= 4 is 31.9 Å². The lowest BCUT2D eigenvalue weighted by molar-refractivity contribution is 0.341. The zero-order valence-corrected chi connectivity index (χ0v) is 13.5. The van der Waals surface area contributed by atoms with Crippen LogP contribution < -0.4 is 14.2 Å². The predicted molar refractivity (Wildman–Crippen MR) is 79.3 cm³/mol. The van der Waals surface area contributed by atoms with Gasteiger partial charge in [-0.3, -0.25) is 0 Å². The number of halogens is 2. The number of benzene rings is 1. The molecular formula is C13H11Br2NO3. The minimum absolute atomic E-state index is 0.436. The van der Waals surface area contributed by atoms with E-state index in [9.17, 15) is 0 Å². The van der Waals surface area contributed by atoms with Crippen molar-refractivity contribution in [2.75, 3.05) is 14.2 Å². The first kappa shape index (κ1) is 14.1. The zero-order valence-electron chi connectivity index (χ0n) is 10.3. The van der Waals surface area contributed by atoms with Gasteiger partial charge in [-0.15, -0.1) is 0 Å². The summed E-state index contributed by atoms with van der Waals surface area (Å²) in [6.45, 7) is 0. The number of hydrogen-bond donors (Lipinski definition) is 0. The Morgan fingerprint density at radius 2 is 1.68 bits per heavy atom. The van der Waals surface area contributed by atoms with E-state index < -0.39 is 0 Å². The molecule has 19 heavy (non-hydrogen) atoms. The van der Waals surface area contributed by atoms with Gasteiger partial charge < -0.3 is 14.2 Å². The smallest absolute Gasteiger partial charge is 0.234 e. The van der Waals surface area contributed by atoms with E-state index in [1.807, 2.05) is 12.1 Å². The number of ether oxygens (including phenoxy) is 3. The molecule has 4 nitrogen and oxygen atoms in total. The Balaban J connectivity index is 2.42. The number of pyridine rings is 1. The maximum absolute atomic E-state index is 5.78. The summed E-state index contributed by atoms with van der Waals surface area (Å²) in [5.41, 5.74) is 0. The fraction of sp³-hybridized carbons (Fsp3) is 0.154. The molecule has 0 amide bonds. The summed E-state index contributed by atoms with van der Waals surface area (Å²) in [5.74, 6) is 2.08. The molecule has 100 valence electrons. The molecule has 0 bridgehead atoms. The zero-order chi connectivity index (χ0) is 13.8. The van der Waals surface area contributed by atoms with Gasteiger partial charge in [-0.25, -0.2) is 4.98 Å². The van der Waals surface area contributed by atoms with Crippen LogP contribution in [0.5, 0.6) is 23.1 Å². The van der Waals surface area contributed by atoms with Crippen molar-refractivity contribution in [3.05, 3.63) is 39.4 Å². The van der Waals surface area contributed by atoms with Crippen molar-refractivity contribution in [1.82, 2.24) is 4.98 Å². The van der Waals surface area contributed by atoms with Crippen molar-refractivity contribution in [2.24, 2.45) is 0 Å². The lowest BCUT2D eigenvalue weighted by Gasteiger charge is -2.13. The molecule has 0 N–H and O–H groups in total. The lowest BCUT2D eigenvalue weighted by Crippen LogP contribution is -1.96. The van der Waals surface area contributed by atoms with Gasteiger partial charge in [0.1, 0.15) is 0 Å². The van der Waals surface area contributed by atoms with Gasteiger partial charge in [0.2, 0.25) is 11.6 Å². The highest BCUT2D eigenvalue weighted by atomic mass is 79.9. The maximum Gasteiger partial charge on any atom is 0.234 e. The molecule has 1 aromatic carbocycles. The Labute approximate surface area is 128 Å². The quantitative estimate of drug-likeness (QED) is 0.777. The first-order chi connectivity index (χ1) is 9.15. The second kappa shape index (κ2) is 6.25. The van der Waals surface area contributed by atoms with E-state index in [-0.39, 0.29) is 0 Å². The Morgan fingerprint density at radius 3 is 2.21 bits per heavy atom. The van der Waals surface area contributed by atoms with Crippen LogP contribution in [0.15, 0.2) is 39.4 Å². The van der Waals surface area contributed by atoms with Gasteiger partial charge in [0.25, 0.3) is 0 Å². The molecular weight excluding hydrogens is 378 g/mol. The molecule has 0 atom stereocenters. The molecule has 0 saturated carbocycles. The third kappa shape index (κ3) is 3.19. The first-order valence-corrected chi connectivity index (χ1v) is 6.94. The minimum Gasteiger partial charge on any atom is -0.493 e. The number of rotatable bonds is 4. The number of para-hydroxylation sites is 1. The van der Waals surface area contributed by atoms with Crippen molar-refractivity contribution in [3.63, 3.8) is 0 Å². The van der Waals surface area contributed by atoms with Crippen molar-refractivity contribution in [3.8, 4) is 23.1 Å². The molecule has 2 aromatic rings. The lowest BCUT2D eigenvalue weighted by atomic mass is 10.3. The molecule has 6 heteroatoms. The average molecular weight is 389 g/mol. The predicted octanol–water partition coefficient (Wildman–Crippen LogP) is 4.42. The Hall–Kier alpha value is -1.27. The normalized spacial score (nSPS) is 10.1. The standard InChI is InChI=1S/C13H11Br2NO3/c1-17-10-4-3-5-11(18-2)12(10)19-13-9(15)6-8(14)7-16-13/h3-7H,1-2H3. The molecule has 0 unspecified atom stereocenters. The SMILES string of the molecule is COc1cccc(OC)c1Oc1ncc(Br)cc1Br. The van der Waals surface area contributed by atoms with Crippen LogP contribution in [0.25, 0.3) is 0 Å². The van der Waals surface area contributed by atoms with Gasteiger partial charge in [0, 0.05) is 10.7 Å². The second-order valence-electron chi connectivity index (χ2n) is 3.53. The second-order valence-corrected chi connectivity index (χ2v) is 5.30. The molecule has 0 fully saturated rings. The number of aromatic nitrogens is 1. The number of hydrogen-bond acceptors (Lipinski definition) is 4. The van der Waals surface area contributed by atoms with Gasteiger partial charge in [-0.05, 0) is 50.1 Å². The third-order valence-corrected chi connectivity index (χ3v) is 3.36. The molecule has 0 aliphatic heterocycles. The van der Waals surface area contributed by atoms with E-state index in [4.69, 9.17) is 14.2 Å². The number of nitrogens with zero attached hydrogens (tertiary/aromatic N) is 1. The third-order valence-electron chi connectivity index (χ3n) is 2.36. The summed E-state index contributed by atoms with van der Waals surface area (Å²) in [7, 11) is 3.15. The highest BCUT2D eigenvalue weighted by Gasteiger charge is 2.14. The molecule has 0 aliphatic rings. The van der Waals surface area contributed by atoms with Crippen LogP contribution in [0.3, 0.4) is 0 Å². The first-order valence-electron chi connectivity index (χ1n) is 5.35. The van der Waals surface area contributed by atoms with Crippen molar-refractivity contribution in [1.29, 1.82) is 0 Å². The largest absolute Gasteiger partial charge is 0.493 e. The van der Waals surface area contributed by atoms with Crippen LogP contribution in [0.4, 0.5) is 0 Å². The van der Waals surface area contributed by atoms with Crippen LogP contribution in [-0.2, 0) is 0 Å². The minimum atomic E-state index is 0.436. The fourth-order valence-corrected chi connectivity index (χ4v) is 2.56. The Morgan fingerprint density at radius 1 is 1.05 bits per heavy atom. The summed E-state index contributed by atoms with van der Waals surface area (Å²) in [6.07, 6.45) is 1.65. The van der Waals surface area contributed by atoms with Crippen LogP contribution >= 0.6 is 31.9 Å².